The lowest BCUT2D eigenvalue weighted by atomic mass is 10.1. The van der Waals surface area contributed by atoms with Gasteiger partial charge in [-0.15, -0.1) is 11.6 Å². The molecule has 0 unspecified atom stereocenters. The zero-order chi connectivity index (χ0) is 11.4. The van der Waals surface area contributed by atoms with Crippen molar-refractivity contribution in [2.45, 2.75) is 12.8 Å². The highest BCUT2D eigenvalue weighted by Gasteiger charge is 2.19. The highest BCUT2D eigenvalue weighted by molar-refractivity contribution is 9.10. The molecule has 0 aromatic heterocycles. The third-order valence-electron chi connectivity index (χ3n) is 1.80. The molecule has 2 nitrogen and oxygen atoms in total. The maximum absolute atomic E-state index is 13.6. The first-order chi connectivity index (χ1) is 7.11. The Hall–Kier alpha value is -0.610. The van der Waals surface area contributed by atoms with Crippen LogP contribution in [0.5, 0.6) is 0 Å². The highest BCUT2D eigenvalue weighted by Crippen LogP contribution is 2.24. The minimum atomic E-state index is -0.688. The third kappa shape index (κ3) is 2.69. The van der Waals surface area contributed by atoms with E-state index in [1.807, 2.05) is 0 Å². The van der Waals surface area contributed by atoms with Gasteiger partial charge in [-0.2, -0.15) is 0 Å². The van der Waals surface area contributed by atoms with Gasteiger partial charge in [0.05, 0.1) is 11.1 Å². The molecule has 0 aliphatic heterocycles. The van der Waals surface area contributed by atoms with E-state index in [9.17, 15) is 9.18 Å². The quantitative estimate of drug-likeness (QED) is 0.630. The van der Waals surface area contributed by atoms with Crippen molar-refractivity contribution in [1.82, 2.24) is 0 Å². The molecule has 1 rings (SSSR count). The Labute approximate surface area is 101 Å². The van der Waals surface area contributed by atoms with E-state index >= 15 is 0 Å². The van der Waals surface area contributed by atoms with Crippen molar-refractivity contribution in [3.63, 3.8) is 0 Å². The second-order valence-electron chi connectivity index (χ2n) is 2.75. The van der Waals surface area contributed by atoms with Crippen LogP contribution in [-0.2, 0) is 10.6 Å². The Kier molecular flexibility index (Phi) is 4.54. The van der Waals surface area contributed by atoms with Crippen molar-refractivity contribution < 1.29 is 13.9 Å². The Morgan fingerprint density at radius 1 is 1.60 bits per heavy atom. The normalized spacial score (nSPS) is 10.1. The smallest absolute Gasteiger partial charge is 0.341 e. The fraction of sp³-hybridized carbons (Fsp3) is 0.300. The first kappa shape index (κ1) is 12.5. The molecule has 0 saturated carbocycles. The number of ether oxygens (including phenoxy) is 1. The molecule has 15 heavy (non-hydrogen) atoms. The predicted molar refractivity (Wildman–Crippen MR) is 59.6 cm³/mol. The molecule has 0 radical (unpaired) electrons. The third-order valence-corrected chi connectivity index (χ3v) is 2.71. The lowest BCUT2D eigenvalue weighted by Gasteiger charge is -2.08. The maximum atomic E-state index is 13.6. The van der Waals surface area contributed by atoms with Crippen LogP contribution in [0.15, 0.2) is 16.6 Å². The first-order valence-electron chi connectivity index (χ1n) is 4.31. The van der Waals surface area contributed by atoms with Gasteiger partial charge in [-0.05, 0) is 34.5 Å². The fourth-order valence-electron chi connectivity index (χ4n) is 1.13. The molecule has 0 bridgehead atoms. The number of hydrogen-bond acceptors (Lipinski definition) is 2. The molecular formula is C10H9BrClFO2. The number of alkyl halides is 1. The van der Waals surface area contributed by atoms with E-state index in [0.717, 1.165) is 0 Å². The molecular weight excluding hydrogens is 286 g/mol. The van der Waals surface area contributed by atoms with Gasteiger partial charge in [0.25, 0.3) is 0 Å². The highest BCUT2D eigenvalue weighted by atomic mass is 79.9. The zero-order valence-electron chi connectivity index (χ0n) is 8.02. The lowest BCUT2D eigenvalue weighted by Crippen LogP contribution is -2.10. The van der Waals surface area contributed by atoms with Gasteiger partial charge in [-0.3, -0.25) is 0 Å². The Morgan fingerprint density at radius 3 is 2.80 bits per heavy atom. The standard InChI is InChI=1S/C10H9BrClFO2/c1-2-15-10(14)8-6(5-12)3-4-7(11)9(8)13/h3-4H,2,5H2,1H3. The van der Waals surface area contributed by atoms with Crippen LogP contribution in [0, 0.1) is 5.82 Å². The molecule has 1 aromatic carbocycles. The van der Waals surface area contributed by atoms with Crippen molar-refractivity contribution in [2.75, 3.05) is 6.61 Å². The zero-order valence-corrected chi connectivity index (χ0v) is 10.4. The van der Waals surface area contributed by atoms with Crippen molar-refractivity contribution in [3.05, 3.63) is 33.5 Å². The summed E-state index contributed by atoms with van der Waals surface area (Å²) >= 11 is 8.61. The van der Waals surface area contributed by atoms with Crippen LogP contribution in [0.4, 0.5) is 4.39 Å². The van der Waals surface area contributed by atoms with Gasteiger partial charge in [0.2, 0.25) is 0 Å². The van der Waals surface area contributed by atoms with E-state index in [-0.39, 0.29) is 22.5 Å². The summed E-state index contributed by atoms with van der Waals surface area (Å²) in [7, 11) is 0. The number of hydrogen-bond donors (Lipinski definition) is 0. The minimum Gasteiger partial charge on any atom is -0.462 e. The van der Waals surface area contributed by atoms with Crippen LogP contribution < -0.4 is 0 Å². The average Bonchev–Trinajstić information content (AvgIpc) is 2.22. The summed E-state index contributed by atoms with van der Waals surface area (Å²) in [6, 6.07) is 3.10. The number of halogens is 3. The first-order valence-corrected chi connectivity index (χ1v) is 5.64. The van der Waals surface area contributed by atoms with Crippen LogP contribution in [0.25, 0.3) is 0 Å². The lowest BCUT2D eigenvalue weighted by molar-refractivity contribution is 0.0520. The van der Waals surface area contributed by atoms with Gasteiger partial charge in [-0.1, -0.05) is 6.07 Å². The van der Waals surface area contributed by atoms with E-state index in [0.29, 0.717) is 5.56 Å². The topological polar surface area (TPSA) is 26.3 Å². The Bertz CT molecular complexity index is 382. The second-order valence-corrected chi connectivity index (χ2v) is 3.87. The number of rotatable bonds is 3. The van der Waals surface area contributed by atoms with Crippen LogP contribution in [0.3, 0.4) is 0 Å². The van der Waals surface area contributed by atoms with Gasteiger partial charge in [0.15, 0.2) is 5.82 Å². The number of benzene rings is 1. The van der Waals surface area contributed by atoms with Crippen molar-refractivity contribution in [3.8, 4) is 0 Å². The van der Waals surface area contributed by atoms with Crippen molar-refractivity contribution in [2.24, 2.45) is 0 Å². The molecule has 0 spiro atoms. The molecule has 0 atom stereocenters. The summed E-state index contributed by atoms with van der Waals surface area (Å²) in [5.74, 6) is -1.25. The summed E-state index contributed by atoms with van der Waals surface area (Å²) in [4.78, 5) is 11.5. The van der Waals surface area contributed by atoms with Gasteiger partial charge in [0, 0.05) is 5.88 Å². The fourth-order valence-corrected chi connectivity index (χ4v) is 1.68. The van der Waals surface area contributed by atoms with E-state index in [1.165, 1.54) is 6.07 Å². The van der Waals surface area contributed by atoms with Crippen LogP contribution in [0.2, 0.25) is 0 Å². The molecule has 0 fully saturated rings. The Balaban J connectivity index is 3.23. The van der Waals surface area contributed by atoms with E-state index in [1.54, 1.807) is 13.0 Å². The van der Waals surface area contributed by atoms with Gasteiger partial charge in [-0.25, -0.2) is 9.18 Å². The van der Waals surface area contributed by atoms with Crippen LogP contribution >= 0.6 is 27.5 Å². The van der Waals surface area contributed by atoms with Crippen molar-refractivity contribution in [1.29, 1.82) is 0 Å². The van der Waals surface area contributed by atoms with Crippen LogP contribution in [-0.4, -0.2) is 12.6 Å². The minimum absolute atomic E-state index is 0.0678. The number of esters is 1. The second kappa shape index (κ2) is 5.47. The summed E-state index contributed by atoms with van der Waals surface area (Å²) in [5.41, 5.74) is 0.331. The van der Waals surface area contributed by atoms with Crippen molar-refractivity contribution >= 4 is 33.5 Å². The number of carbonyl (C=O) groups is 1. The predicted octanol–water partition coefficient (Wildman–Crippen LogP) is 3.50. The largest absolute Gasteiger partial charge is 0.462 e. The summed E-state index contributed by atoms with van der Waals surface area (Å²) in [6.07, 6.45) is 0. The van der Waals surface area contributed by atoms with E-state index in [4.69, 9.17) is 16.3 Å². The number of carbonyl (C=O) groups excluding carboxylic acids is 1. The van der Waals surface area contributed by atoms with E-state index < -0.39 is 11.8 Å². The molecule has 5 heteroatoms. The molecule has 0 N–H and O–H groups in total. The summed E-state index contributed by atoms with van der Waals surface area (Å²) in [5, 5.41) is 0. The van der Waals surface area contributed by atoms with E-state index in [2.05, 4.69) is 15.9 Å². The van der Waals surface area contributed by atoms with Crippen LogP contribution in [0.1, 0.15) is 22.8 Å². The molecule has 0 heterocycles. The molecule has 0 aliphatic carbocycles. The molecule has 1 aromatic rings. The molecule has 0 saturated heterocycles. The maximum Gasteiger partial charge on any atom is 0.341 e. The van der Waals surface area contributed by atoms with Gasteiger partial charge >= 0.3 is 5.97 Å². The van der Waals surface area contributed by atoms with Gasteiger partial charge in [0.1, 0.15) is 5.56 Å². The molecule has 82 valence electrons. The molecule has 0 amide bonds. The van der Waals surface area contributed by atoms with Gasteiger partial charge < -0.3 is 4.74 Å². The monoisotopic (exact) mass is 294 g/mol. The molecule has 0 aliphatic rings. The average molecular weight is 296 g/mol. The Morgan fingerprint density at radius 2 is 2.27 bits per heavy atom. The summed E-state index contributed by atoms with van der Waals surface area (Å²) in [6.45, 7) is 1.86. The summed E-state index contributed by atoms with van der Waals surface area (Å²) < 4.78 is 18.6. The SMILES string of the molecule is CCOC(=O)c1c(CCl)ccc(Br)c1F.